The number of aryl methyl sites for hydroxylation is 1. The van der Waals surface area contributed by atoms with Crippen LogP contribution in [0, 0.1) is 6.92 Å². The molecule has 1 aliphatic rings. The smallest absolute Gasteiger partial charge is 0.239 e. The molecule has 110 valence electrons. The Morgan fingerprint density at radius 1 is 1.50 bits per heavy atom. The Kier molecular flexibility index (Phi) is 4.98. The number of amides is 1. The van der Waals surface area contributed by atoms with Gasteiger partial charge in [0.2, 0.25) is 5.91 Å². The van der Waals surface area contributed by atoms with E-state index in [9.17, 15) is 9.90 Å². The number of hydrogen-bond donors (Lipinski definition) is 2. The van der Waals surface area contributed by atoms with Crippen LogP contribution in [0.25, 0.3) is 0 Å². The van der Waals surface area contributed by atoms with E-state index in [0.29, 0.717) is 26.1 Å². The zero-order chi connectivity index (χ0) is 14.5. The van der Waals surface area contributed by atoms with Crippen molar-refractivity contribution in [3.05, 3.63) is 29.8 Å². The number of rotatable bonds is 5. The van der Waals surface area contributed by atoms with Crippen LogP contribution in [0.1, 0.15) is 12.0 Å². The second-order valence-corrected chi connectivity index (χ2v) is 5.22. The first-order chi connectivity index (χ1) is 9.58. The van der Waals surface area contributed by atoms with Gasteiger partial charge in [0.25, 0.3) is 0 Å². The van der Waals surface area contributed by atoms with Crippen molar-refractivity contribution in [2.75, 3.05) is 26.7 Å². The molecule has 0 spiro atoms. The standard InChI is InChI=1S/C15H22N2O3/c1-11-5-3-4-6-14(11)20-8-7-17(2)15(19)13-9-12(18)10-16-13/h3-6,12-13,16,18H,7-10H2,1-2H3. The topological polar surface area (TPSA) is 61.8 Å². The molecule has 1 heterocycles. The van der Waals surface area contributed by atoms with Crippen LogP contribution in [-0.2, 0) is 4.79 Å². The van der Waals surface area contributed by atoms with Crippen LogP contribution in [0.3, 0.4) is 0 Å². The van der Waals surface area contributed by atoms with Gasteiger partial charge in [0.15, 0.2) is 0 Å². The molecule has 1 aliphatic heterocycles. The van der Waals surface area contributed by atoms with Crippen molar-refractivity contribution in [2.24, 2.45) is 0 Å². The first kappa shape index (κ1) is 14.8. The normalized spacial score (nSPS) is 21.8. The SMILES string of the molecule is Cc1ccccc1OCCN(C)C(=O)C1CC(O)CN1. The van der Waals surface area contributed by atoms with Gasteiger partial charge in [0.05, 0.1) is 18.7 Å². The van der Waals surface area contributed by atoms with E-state index in [1.54, 1.807) is 11.9 Å². The van der Waals surface area contributed by atoms with Gasteiger partial charge in [0, 0.05) is 13.6 Å². The van der Waals surface area contributed by atoms with Gasteiger partial charge in [0.1, 0.15) is 12.4 Å². The zero-order valence-electron chi connectivity index (χ0n) is 12.0. The van der Waals surface area contributed by atoms with Crippen molar-refractivity contribution in [2.45, 2.75) is 25.5 Å². The fraction of sp³-hybridized carbons (Fsp3) is 0.533. The van der Waals surface area contributed by atoms with Gasteiger partial charge >= 0.3 is 0 Å². The van der Waals surface area contributed by atoms with Gasteiger partial charge in [-0.05, 0) is 25.0 Å². The minimum absolute atomic E-state index is 0.00920. The molecule has 1 saturated heterocycles. The van der Waals surface area contributed by atoms with E-state index in [-0.39, 0.29) is 11.9 Å². The molecule has 1 aromatic carbocycles. The number of benzene rings is 1. The summed E-state index contributed by atoms with van der Waals surface area (Å²) in [6.45, 7) is 3.47. The number of ether oxygens (including phenoxy) is 1. The Balaban J connectivity index is 1.76. The van der Waals surface area contributed by atoms with Crippen molar-refractivity contribution in [3.8, 4) is 5.75 Å². The molecule has 2 rings (SSSR count). The number of aliphatic hydroxyl groups is 1. The Labute approximate surface area is 119 Å². The van der Waals surface area contributed by atoms with E-state index >= 15 is 0 Å². The minimum atomic E-state index is -0.416. The highest BCUT2D eigenvalue weighted by Crippen LogP contribution is 2.16. The summed E-state index contributed by atoms with van der Waals surface area (Å²) in [6, 6.07) is 7.55. The molecular weight excluding hydrogens is 256 g/mol. The predicted octanol–water partition coefficient (Wildman–Crippen LogP) is 0.555. The molecule has 0 aromatic heterocycles. The molecule has 0 radical (unpaired) electrons. The fourth-order valence-corrected chi connectivity index (χ4v) is 2.29. The predicted molar refractivity (Wildman–Crippen MR) is 76.7 cm³/mol. The van der Waals surface area contributed by atoms with E-state index in [4.69, 9.17) is 4.74 Å². The number of para-hydroxylation sites is 1. The number of β-amino-alcohol motifs (C(OH)–C–C–N with tert-alkyl or cyclic N) is 1. The van der Waals surface area contributed by atoms with E-state index in [2.05, 4.69) is 5.32 Å². The molecule has 2 unspecified atom stereocenters. The van der Waals surface area contributed by atoms with Gasteiger partial charge in [-0.3, -0.25) is 4.79 Å². The van der Waals surface area contributed by atoms with Crippen LogP contribution < -0.4 is 10.1 Å². The molecule has 1 fully saturated rings. The van der Waals surface area contributed by atoms with E-state index in [1.165, 1.54) is 0 Å². The maximum atomic E-state index is 12.1. The average Bonchev–Trinajstić information content (AvgIpc) is 2.86. The van der Waals surface area contributed by atoms with Crippen molar-refractivity contribution in [1.29, 1.82) is 0 Å². The van der Waals surface area contributed by atoms with Crippen LogP contribution >= 0.6 is 0 Å². The van der Waals surface area contributed by atoms with Gasteiger partial charge in [-0.2, -0.15) is 0 Å². The van der Waals surface area contributed by atoms with Crippen molar-refractivity contribution in [1.82, 2.24) is 10.2 Å². The van der Waals surface area contributed by atoms with Crippen LogP contribution in [0.15, 0.2) is 24.3 Å². The van der Waals surface area contributed by atoms with Crippen molar-refractivity contribution in [3.63, 3.8) is 0 Å². The van der Waals surface area contributed by atoms with E-state index in [1.807, 2.05) is 31.2 Å². The number of carbonyl (C=O) groups excluding carboxylic acids is 1. The van der Waals surface area contributed by atoms with Crippen LogP contribution in [0.5, 0.6) is 5.75 Å². The molecule has 1 amide bonds. The molecule has 1 aromatic rings. The lowest BCUT2D eigenvalue weighted by atomic mass is 10.2. The molecule has 0 saturated carbocycles. The van der Waals surface area contributed by atoms with Crippen molar-refractivity contribution >= 4 is 5.91 Å². The molecule has 5 heteroatoms. The quantitative estimate of drug-likeness (QED) is 0.826. The van der Waals surface area contributed by atoms with Crippen LogP contribution in [-0.4, -0.2) is 54.8 Å². The third kappa shape index (κ3) is 3.71. The molecule has 0 bridgehead atoms. The number of nitrogens with zero attached hydrogens (tertiary/aromatic N) is 1. The summed E-state index contributed by atoms with van der Waals surface area (Å²) in [5.41, 5.74) is 1.09. The summed E-state index contributed by atoms with van der Waals surface area (Å²) in [7, 11) is 1.76. The van der Waals surface area contributed by atoms with Gasteiger partial charge in [-0.1, -0.05) is 18.2 Å². The van der Waals surface area contributed by atoms with Crippen LogP contribution in [0.2, 0.25) is 0 Å². The summed E-state index contributed by atoms with van der Waals surface area (Å²) >= 11 is 0. The molecule has 2 N–H and O–H groups in total. The lowest BCUT2D eigenvalue weighted by Crippen LogP contribution is -2.43. The average molecular weight is 278 g/mol. The number of likely N-dealkylation sites (N-methyl/N-ethyl adjacent to an activating group) is 1. The minimum Gasteiger partial charge on any atom is -0.491 e. The first-order valence-corrected chi connectivity index (χ1v) is 6.93. The molecular formula is C15H22N2O3. The largest absolute Gasteiger partial charge is 0.491 e. The van der Waals surface area contributed by atoms with Crippen LogP contribution in [0.4, 0.5) is 0 Å². The lowest BCUT2D eigenvalue weighted by molar-refractivity contribution is -0.132. The maximum Gasteiger partial charge on any atom is 0.239 e. The number of carbonyl (C=O) groups is 1. The second kappa shape index (κ2) is 6.72. The highest BCUT2D eigenvalue weighted by atomic mass is 16.5. The van der Waals surface area contributed by atoms with Gasteiger partial charge in [-0.15, -0.1) is 0 Å². The monoisotopic (exact) mass is 278 g/mol. The number of nitrogens with one attached hydrogen (secondary N) is 1. The van der Waals surface area contributed by atoms with Crippen molar-refractivity contribution < 1.29 is 14.6 Å². The molecule has 20 heavy (non-hydrogen) atoms. The Hall–Kier alpha value is -1.59. The number of aliphatic hydroxyl groups excluding tert-OH is 1. The van der Waals surface area contributed by atoms with Gasteiger partial charge < -0.3 is 20.1 Å². The summed E-state index contributed by atoms with van der Waals surface area (Å²) in [5.74, 6) is 0.859. The third-order valence-electron chi connectivity index (χ3n) is 3.56. The highest BCUT2D eigenvalue weighted by molar-refractivity contribution is 5.82. The summed E-state index contributed by atoms with van der Waals surface area (Å²) < 4.78 is 5.68. The molecule has 5 nitrogen and oxygen atoms in total. The Bertz CT molecular complexity index is 464. The third-order valence-corrected chi connectivity index (χ3v) is 3.56. The number of hydrogen-bond acceptors (Lipinski definition) is 4. The Morgan fingerprint density at radius 3 is 2.90 bits per heavy atom. The molecule has 0 aliphatic carbocycles. The maximum absolute atomic E-state index is 12.1. The first-order valence-electron chi connectivity index (χ1n) is 6.93. The van der Waals surface area contributed by atoms with E-state index in [0.717, 1.165) is 11.3 Å². The molecule has 2 atom stereocenters. The summed E-state index contributed by atoms with van der Waals surface area (Å²) in [6.07, 6.45) is 0.0718. The summed E-state index contributed by atoms with van der Waals surface area (Å²) in [5, 5.41) is 12.4. The van der Waals surface area contributed by atoms with Gasteiger partial charge in [-0.25, -0.2) is 0 Å². The Morgan fingerprint density at radius 2 is 2.25 bits per heavy atom. The zero-order valence-corrected chi connectivity index (χ0v) is 12.0. The summed E-state index contributed by atoms with van der Waals surface area (Å²) in [4.78, 5) is 13.7. The second-order valence-electron chi connectivity index (χ2n) is 5.22. The highest BCUT2D eigenvalue weighted by Gasteiger charge is 2.29. The fourth-order valence-electron chi connectivity index (χ4n) is 2.29. The lowest BCUT2D eigenvalue weighted by Gasteiger charge is -2.21. The van der Waals surface area contributed by atoms with E-state index < -0.39 is 6.10 Å².